The number of nitrogens with zero attached hydrogens (tertiary/aromatic N) is 1. The molecule has 0 fully saturated rings. The molecule has 3 aromatic carbocycles. The maximum atomic E-state index is 13.5. The fourth-order valence-electron chi connectivity index (χ4n) is 3.50. The van der Waals surface area contributed by atoms with Crippen LogP contribution in [0.1, 0.15) is 12.0 Å². The van der Waals surface area contributed by atoms with Crippen molar-refractivity contribution in [2.24, 2.45) is 0 Å². The second-order valence-corrected chi connectivity index (χ2v) is 9.49. The van der Waals surface area contributed by atoms with E-state index in [1.165, 1.54) is 24.3 Å². The SMILES string of the molecule is O=C(CC1C(=O)Nc2ccccc2N1S(=O)(=O)c1ccc(Cl)cc1)NCc1ccccc1. The van der Waals surface area contributed by atoms with Crippen molar-refractivity contribution in [3.8, 4) is 0 Å². The number of anilines is 2. The molecule has 0 saturated carbocycles. The summed E-state index contributed by atoms with van der Waals surface area (Å²) in [4.78, 5) is 25.5. The maximum Gasteiger partial charge on any atom is 0.265 e. The molecule has 3 aromatic rings. The Morgan fingerprint density at radius 1 is 0.969 bits per heavy atom. The van der Waals surface area contributed by atoms with Gasteiger partial charge in [0, 0.05) is 11.6 Å². The Morgan fingerprint density at radius 3 is 2.34 bits per heavy atom. The zero-order valence-corrected chi connectivity index (χ0v) is 18.4. The van der Waals surface area contributed by atoms with E-state index in [-0.39, 0.29) is 17.9 Å². The van der Waals surface area contributed by atoms with Crippen molar-refractivity contribution in [3.63, 3.8) is 0 Å². The number of sulfonamides is 1. The van der Waals surface area contributed by atoms with Gasteiger partial charge in [-0.1, -0.05) is 54.1 Å². The van der Waals surface area contributed by atoms with Crippen LogP contribution in [0.25, 0.3) is 0 Å². The van der Waals surface area contributed by atoms with Crippen molar-refractivity contribution in [1.82, 2.24) is 5.32 Å². The molecule has 1 heterocycles. The highest BCUT2D eigenvalue weighted by atomic mass is 35.5. The van der Waals surface area contributed by atoms with Crippen molar-refractivity contribution in [2.75, 3.05) is 9.62 Å². The highest BCUT2D eigenvalue weighted by Crippen LogP contribution is 2.37. The second-order valence-electron chi connectivity index (χ2n) is 7.24. The summed E-state index contributed by atoms with van der Waals surface area (Å²) in [5.41, 5.74) is 1.55. The molecule has 2 N–H and O–H groups in total. The smallest absolute Gasteiger partial charge is 0.265 e. The molecule has 2 amide bonds. The molecule has 4 rings (SSSR count). The monoisotopic (exact) mass is 469 g/mol. The molecule has 0 saturated heterocycles. The van der Waals surface area contributed by atoms with Gasteiger partial charge in [-0.2, -0.15) is 0 Å². The minimum absolute atomic E-state index is 0.0268. The predicted octanol–water partition coefficient (Wildman–Crippen LogP) is 3.56. The first-order valence-electron chi connectivity index (χ1n) is 9.87. The molecule has 1 aliphatic heterocycles. The fourth-order valence-corrected chi connectivity index (χ4v) is 5.26. The molecule has 0 spiro atoms. The standard InChI is InChI=1S/C23H20ClN3O4S/c24-17-10-12-18(13-11-17)32(30,31)27-20-9-5-4-8-19(20)26-23(29)21(27)14-22(28)25-15-16-6-2-1-3-7-16/h1-13,21H,14-15H2,(H,25,28)(H,26,29). The van der Waals surface area contributed by atoms with Crippen LogP contribution in [0.4, 0.5) is 11.4 Å². The number of fused-ring (bicyclic) bond motifs is 1. The fraction of sp³-hybridized carbons (Fsp3) is 0.130. The van der Waals surface area contributed by atoms with Crippen molar-refractivity contribution in [1.29, 1.82) is 0 Å². The number of carbonyl (C=O) groups is 2. The Hall–Kier alpha value is -3.36. The van der Waals surface area contributed by atoms with Gasteiger partial charge in [0.05, 0.1) is 22.7 Å². The van der Waals surface area contributed by atoms with Crippen molar-refractivity contribution in [3.05, 3.63) is 89.4 Å². The van der Waals surface area contributed by atoms with Gasteiger partial charge in [0.1, 0.15) is 6.04 Å². The van der Waals surface area contributed by atoms with Gasteiger partial charge >= 0.3 is 0 Å². The molecule has 164 valence electrons. The summed E-state index contributed by atoms with van der Waals surface area (Å²) in [6, 6.07) is 20.3. The highest BCUT2D eigenvalue weighted by molar-refractivity contribution is 7.93. The lowest BCUT2D eigenvalue weighted by molar-refractivity contribution is -0.125. The lowest BCUT2D eigenvalue weighted by atomic mass is 10.1. The first-order chi connectivity index (χ1) is 15.4. The zero-order chi connectivity index (χ0) is 22.7. The number of benzene rings is 3. The van der Waals surface area contributed by atoms with E-state index in [0.29, 0.717) is 16.4 Å². The molecule has 0 bridgehead atoms. The minimum atomic E-state index is -4.15. The summed E-state index contributed by atoms with van der Waals surface area (Å²) in [6.45, 7) is 0.272. The molecule has 0 aromatic heterocycles. The van der Waals surface area contributed by atoms with Crippen LogP contribution in [0.2, 0.25) is 5.02 Å². The van der Waals surface area contributed by atoms with Crippen LogP contribution in [0.15, 0.2) is 83.8 Å². The highest BCUT2D eigenvalue weighted by Gasteiger charge is 2.41. The molecule has 0 radical (unpaired) electrons. The van der Waals surface area contributed by atoms with Crippen molar-refractivity contribution >= 4 is 44.8 Å². The summed E-state index contributed by atoms with van der Waals surface area (Å²) < 4.78 is 28.1. The Morgan fingerprint density at radius 2 is 1.62 bits per heavy atom. The molecule has 7 nitrogen and oxygen atoms in total. The first kappa shape index (κ1) is 21.9. The molecule has 9 heteroatoms. The molecule has 1 unspecified atom stereocenters. The maximum absolute atomic E-state index is 13.5. The third kappa shape index (κ3) is 4.46. The lowest BCUT2D eigenvalue weighted by Crippen LogP contribution is -2.52. The van der Waals surface area contributed by atoms with Crippen LogP contribution in [-0.2, 0) is 26.2 Å². The predicted molar refractivity (Wildman–Crippen MR) is 123 cm³/mol. The van der Waals surface area contributed by atoms with Gasteiger partial charge in [0.15, 0.2) is 0 Å². The van der Waals surface area contributed by atoms with E-state index in [0.717, 1.165) is 9.87 Å². The van der Waals surface area contributed by atoms with Gasteiger partial charge in [-0.15, -0.1) is 0 Å². The number of amides is 2. The lowest BCUT2D eigenvalue weighted by Gasteiger charge is -2.36. The third-order valence-corrected chi connectivity index (χ3v) is 7.16. The van der Waals surface area contributed by atoms with E-state index < -0.39 is 27.9 Å². The Labute approximate surface area is 191 Å². The molecular formula is C23H20ClN3O4S. The number of carbonyl (C=O) groups excluding carboxylic acids is 2. The van der Waals surface area contributed by atoms with Gasteiger partial charge < -0.3 is 10.6 Å². The number of rotatable bonds is 6. The Bertz CT molecular complexity index is 1250. The van der Waals surface area contributed by atoms with Crippen LogP contribution < -0.4 is 14.9 Å². The van der Waals surface area contributed by atoms with Crippen LogP contribution in [0.3, 0.4) is 0 Å². The number of para-hydroxylation sites is 2. The Balaban J connectivity index is 1.65. The molecule has 0 aliphatic carbocycles. The molecular weight excluding hydrogens is 450 g/mol. The quantitative estimate of drug-likeness (QED) is 0.577. The summed E-state index contributed by atoms with van der Waals surface area (Å²) in [5, 5.41) is 5.84. The van der Waals surface area contributed by atoms with E-state index in [9.17, 15) is 18.0 Å². The van der Waals surface area contributed by atoms with Gasteiger partial charge in [0.2, 0.25) is 11.8 Å². The van der Waals surface area contributed by atoms with Crippen LogP contribution in [0.5, 0.6) is 0 Å². The molecule has 1 atom stereocenters. The van der Waals surface area contributed by atoms with Crippen molar-refractivity contribution in [2.45, 2.75) is 23.9 Å². The van der Waals surface area contributed by atoms with Crippen LogP contribution in [0, 0.1) is 0 Å². The van der Waals surface area contributed by atoms with Gasteiger partial charge in [0.25, 0.3) is 10.0 Å². The number of nitrogens with one attached hydrogen (secondary N) is 2. The molecule has 32 heavy (non-hydrogen) atoms. The summed E-state index contributed by atoms with van der Waals surface area (Å²) in [7, 11) is -4.15. The zero-order valence-electron chi connectivity index (χ0n) is 16.9. The normalized spacial score (nSPS) is 15.6. The number of halogens is 1. The topological polar surface area (TPSA) is 95.6 Å². The van der Waals surface area contributed by atoms with Gasteiger partial charge in [-0.3, -0.25) is 13.9 Å². The first-order valence-corrected chi connectivity index (χ1v) is 11.7. The van der Waals surface area contributed by atoms with Crippen LogP contribution >= 0.6 is 11.6 Å². The third-order valence-electron chi connectivity index (χ3n) is 5.07. The van der Waals surface area contributed by atoms with Crippen molar-refractivity contribution < 1.29 is 18.0 Å². The number of hydrogen-bond acceptors (Lipinski definition) is 4. The summed E-state index contributed by atoms with van der Waals surface area (Å²) in [6.07, 6.45) is -0.334. The largest absolute Gasteiger partial charge is 0.352 e. The van der Waals surface area contributed by atoms with E-state index in [1.807, 2.05) is 30.3 Å². The number of hydrogen-bond donors (Lipinski definition) is 2. The van der Waals surface area contributed by atoms with E-state index in [1.54, 1.807) is 24.3 Å². The minimum Gasteiger partial charge on any atom is -0.352 e. The van der Waals surface area contributed by atoms with Gasteiger partial charge in [-0.25, -0.2) is 8.42 Å². The average molecular weight is 470 g/mol. The van der Waals surface area contributed by atoms with Crippen LogP contribution in [-0.4, -0.2) is 26.3 Å². The van der Waals surface area contributed by atoms with E-state index in [4.69, 9.17) is 11.6 Å². The summed E-state index contributed by atoms with van der Waals surface area (Å²) >= 11 is 5.91. The molecule has 1 aliphatic rings. The van der Waals surface area contributed by atoms with E-state index in [2.05, 4.69) is 10.6 Å². The average Bonchev–Trinajstić information content (AvgIpc) is 2.79. The van der Waals surface area contributed by atoms with E-state index >= 15 is 0 Å². The van der Waals surface area contributed by atoms with Gasteiger partial charge in [-0.05, 0) is 42.0 Å². The Kier molecular flexibility index (Phi) is 6.16. The second kappa shape index (κ2) is 9.02. The summed E-state index contributed by atoms with van der Waals surface area (Å²) in [5.74, 6) is -1.01.